The Bertz CT molecular complexity index is 933. The zero-order chi connectivity index (χ0) is 19.4. The molecule has 1 heterocycles. The molecular formula is C21H19Cl2NO3. The van der Waals surface area contributed by atoms with Crippen LogP contribution in [0.2, 0.25) is 10.0 Å². The summed E-state index contributed by atoms with van der Waals surface area (Å²) in [6.07, 6.45) is 0. The fourth-order valence-corrected chi connectivity index (χ4v) is 2.79. The molecule has 0 aliphatic rings. The summed E-state index contributed by atoms with van der Waals surface area (Å²) in [4.78, 5) is 12.3. The van der Waals surface area contributed by atoms with E-state index in [4.69, 9.17) is 32.4 Å². The van der Waals surface area contributed by atoms with E-state index in [9.17, 15) is 4.79 Å². The summed E-state index contributed by atoms with van der Waals surface area (Å²) in [6.45, 7) is 4.38. The normalized spacial score (nSPS) is 10.9. The van der Waals surface area contributed by atoms with Crippen LogP contribution in [0.3, 0.4) is 0 Å². The molecule has 3 rings (SSSR count). The Morgan fingerprint density at radius 3 is 2.52 bits per heavy atom. The van der Waals surface area contributed by atoms with E-state index >= 15 is 0 Å². The molecule has 3 aromatic rings. The Morgan fingerprint density at radius 2 is 1.81 bits per heavy atom. The first kappa shape index (κ1) is 19.3. The van der Waals surface area contributed by atoms with Gasteiger partial charge in [0.15, 0.2) is 5.76 Å². The maximum Gasteiger partial charge on any atom is 0.291 e. The molecule has 0 radical (unpaired) electrons. The summed E-state index contributed by atoms with van der Waals surface area (Å²) in [6, 6.07) is 16.0. The summed E-state index contributed by atoms with van der Waals surface area (Å²) in [5, 5.41) is 3.79. The minimum Gasteiger partial charge on any atom is -0.484 e. The van der Waals surface area contributed by atoms with Gasteiger partial charge in [-0.1, -0.05) is 49.2 Å². The van der Waals surface area contributed by atoms with Crippen LogP contribution in [0.1, 0.15) is 41.6 Å². The van der Waals surface area contributed by atoms with Crippen molar-refractivity contribution in [1.29, 1.82) is 0 Å². The van der Waals surface area contributed by atoms with Crippen molar-refractivity contribution in [3.8, 4) is 5.75 Å². The van der Waals surface area contributed by atoms with Crippen molar-refractivity contribution in [3.63, 3.8) is 0 Å². The van der Waals surface area contributed by atoms with Gasteiger partial charge in [0, 0.05) is 16.8 Å². The van der Waals surface area contributed by atoms with Crippen LogP contribution in [0.5, 0.6) is 5.75 Å². The van der Waals surface area contributed by atoms with Crippen molar-refractivity contribution < 1.29 is 13.9 Å². The highest BCUT2D eigenvalue weighted by atomic mass is 35.5. The van der Waals surface area contributed by atoms with E-state index in [0.717, 1.165) is 0 Å². The predicted molar refractivity (Wildman–Crippen MR) is 108 cm³/mol. The van der Waals surface area contributed by atoms with Crippen LogP contribution in [-0.2, 0) is 6.61 Å². The number of furan rings is 1. The lowest BCUT2D eigenvalue weighted by molar-refractivity contribution is 0.0992. The molecule has 1 aromatic heterocycles. The third-order valence-corrected chi connectivity index (χ3v) is 4.53. The van der Waals surface area contributed by atoms with E-state index in [1.54, 1.807) is 30.3 Å². The second-order valence-electron chi connectivity index (χ2n) is 6.36. The SMILES string of the molecule is CC(C)c1ccc(NC(=O)c2ccc(COc3cc(Cl)ccc3Cl)o2)cc1. The first-order valence-electron chi connectivity index (χ1n) is 8.50. The Kier molecular flexibility index (Phi) is 6.09. The molecular weight excluding hydrogens is 385 g/mol. The molecule has 4 nitrogen and oxygen atoms in total. The summed E-state index contributed by atoms with van der Waals surface area (Å²) >= 11 is 12.0. The highest BCUT2D eigenvalue weighted by Crippen LogP contribution is 2.28. The fraction of sp³-hybridized carbons (Fsp3) is 0.190. The number of ether oxygens (including phenoxy) is 1. The summed E-state index contributed by atoms with van der Waals surface area (Å²) in [5.74, 6) is 1.29. The minimum atomic E-state index is -0.320. The van der Waals surface area contributed by atoms with Crippen LogP contribution in [-0.4, -0.2) is 5.91 Å². The second kappa shape index (κ2) is 8.51. The average Bonchev–Trinajstić information content (AvgIpc) is 3.12. The van der Waals surface area contributed by atoms with Crippen molar-refractivity contribution in [2.24, 2.45) is 0 Å². The molecule has 0 fully saturated rings. The Morgan fingerprint density at radius 1 is 1.07 bits per heavy atom. The molecule has 0 unspecified atom stereocenters. The van der Waals surface area contributed by atoms with Gasteiger partial charge in [-0.2, -0.15) is 0 Å². The average molecular weight is 404 g/mol. The maximum absolute atomic E-state index is 12.3. The Hall–Kier alpha value is -2.43. The first-order chi connectivity index (χ1) is 12.9. The molecule has 0 bridgehead atoms. The molecule has 1 N–H and O–H groups in total. The van der Waals surface area contributed by atoms with Crippen LogP contribution >= 0.6 is 23.2 Å². The Labute approximate surface area is 168 Å². The van der Waals surface area contributed by atoms with Crippen molar-refractivity contribution >= 4 is 34.8 Å². The third kappa shape index (κ3) is 5.06. The van der Waals surface area contributed by atoms with Crippen LogP contribution < -0.4 is 10.1 Å². The van der Waals surface area contributed by atoms with Crippen molar-refractivity contribution in [2.75, 3.05) is 5.32 Å². The first-order valence-corrected chi connectivity index (χ1v) is 9.26. The van der Waals surface area contributed by atoms with Crippen molar-refractivity contribution in [3.05, 3.63) is 81.7 Å². The lowest BCUT2D eigenvalue weighted by atomic mass is 10.0. The summed E-state index contributed by atoms with van der Waals surface area (Å²) in [5.41, 5.74) is 1.93. The third-order valence-electron chi connectivity index (χ3n) is 3.98. The highest BCUT2D eigenvalue weighted by Gasteiger charge is 2.13. The molecule has 1 amide bonds. The molecule has 2 aromatic carbocycles. The van der Waals surface area contributed by atoms with Crippen LogP contribution in [0.15, 0.2) is 59.0 Å². The van der Waals surface area contributed by atoms with Gasteiger partial charge < -0.3 is 14.5 Å². The van der Waals surface area contributed by atoms with Gasteiger partial charge in [-0.3, -0.25) is 4.79 Å². The number of carbonyl (C=O) groups excluding carboxylic acids is 1. The highest BCUT2D eigenvalue weighted by molar-refractivity contribution is 6.34. The molecule has 0 atom stereocenters. The molecule has 27 heavy (non-hydrogen) atoms. The molecule has 0 aliphatic heterocycles. The predicted octanol–water partition coefficient (Wildman–Crippen LogP) is 6.54. The number of hydrogen-bond donors (Lipinski definition) is 1. The van der Waals surface area contributed by atoms with Crippen LogP contribution in [0.25, 0.3) is 0 Å². The second-order valence-corrected chi connectivity index (χ2v) is 7.20. The number of nitrogens with one attached hydrogen (secondary N) is 1. The zero-order valence-corrected chi connectivity index (χ0v) is 16.5. The van der Waals surface area contributed by atoms with Gasteiger partial charge in [-0.15, -0.1) is 0 Å². The van der Waals surface area contributed by atoms with Gasteiger partial charge in [0.25, 0.3) is 5.91 Å². The molecule has 0 spiro atoms. The fourth-order valence-electron chi connectivity index (χ4n) is 2.46. The standard InChI is InChI=1S/C21H19Cl2NO3/c1-13(2)14-3-6-16(7-4-14)24-21(25)19-10-8-17(27-19)12-26-20-11-15(22)5-9-18(20)23/h3-11,13H,12H2,1-2H3,(H,24,25). The molecule has 0 saturated carbocycles. The number of anilines is 1. The van der Waals surface area contributed by atoms with E-state index in [2.05, 4.69) is 19.2 Å². The number of carbonyl (C=O) groups is 1. The molecule has 6 heteroatoms. The van der Waals surface area contributed by atoms with Crippen molar-refractivity contribution in [2.45, 2.75) is 26.4 Å². The van der Waals surface area contributed by atoms with Crippen LogP contribution in [0, 0.1) is 0 Å². The smallest absolute Gasteiger partial charge is 0.291 e. The lowest BCUT2D eigenvalue weighted by Gasteiger charge is -2.08. The van der Waals surface area contributed by atoms with Gasteiger partial charge in [-0.25, -0.2) is 0 Å². The topological polar surface area (TPSA) is 51.5 Å². The maximum atomic E-state index is 12.3. The number of benzene rings is 2. The van der Waals surface area contributed by atoms with Gasteiger partial charge in [0.05, 0.1) is 5.02 Å². The van der Waals surface area contributed by atoms with E-state index < -0.39 is 0 Å². The molecule has 0 aliphatic carbocycles. The minimum absolute atomic E-state index is 0.135. The molecule has 0 saturated heterocycles. The van der Waals surface area contributed by atoms with E-state index in [1.165, 1.54) is 5.56 Å². The van der Waals surface area contributed by atoms with Gasteiger partial charge in [0.1, 0.15) is 18.1 Å². The zero-order valence-electron chi connectivity index (χ0n) is 15.0. The Balaban J connectivity index is 1.61. The number of hydrogen-bond acceptors (Lipinski definition) is 3. The number of amides is 1. The summed E-state index contributed by atoms with van der Waals surface area (Å²) in [7, 11) is 0. The molecule has 140 valence electrons. The van der Waals surface area contributed by atoms with E-state index in [0.29, 0.717) is 33.2 Å². The summed E-state index contributed by atoms with van der Waals surface area (Å²) < 4.78 is 11.2. The lowest BCUT2D eigenvalue weighted by Crippen LogP contribution is -2.10. The monoisotopic (exact) mass is 403 g/mol. The van der Waals surface area contributed by atoms with Gasteiger partial charge >= 0.3 is 0 Å². The largest absolute Gasteiger partial charge is 0.484 e. The van der Waals surface area contributed by atoms with E-state index in [1.807, 2.05) is 24.3 Å². The van der Waals surface area contributed by atoms with Gasteiger partial charge in [0.2, 0.25) is 0 Å². The van der Waals surface area contributed by atoms with Gasteiger partial charge in [-0.05, 0) is 47.9 Å². The number of rotatable bonds is 6. The van der Waals surface area contributed by atoms with Crippen molar-refractivity contribution in [1.82, 2.24) is 0 Å². The number of halogens is 2. The quantitative estimate of drug-likeness (QED) is 0.507. The van der Waals surface area contributed by atoms with Crippen LogP contribution in [0.4, 0.5) is 5.69 Å². The van der Waals surface area contributed by atoms with E-state index in [-0.39, 0.29) is 18.3 Å².